The summed E-state index contributed by atoms with van der Waals surface area (Å²) < 4.78 is 5.81. The Bertz CT molecular complexity index is 673. The van der Waals surface area contributed by atoms with Gasteiger partial charge in [-0.2, -0.15) is 0 Å². The number of rotatable bonds is 5. The van der Waals surface area contributed by atoms with Crippen molar-refractivity contribution in [1.82, 2.24) is 0 Å². The summed E-state index contributed by atoms with van der Waals surface area (Å²) in [4.78, 5) is 12.4. The molecule has 3 nitrogen and oxygen atoms in total. The van der Waals surface area contributed by atoms with Crippen molar-refractivity contribution in [2.45, 2.75) is 26.4 Å². The Morgan fingerprint density at radius 1 is 1.23 bits per heavy atom. The molecule has 0 aliphatic carbocycles. The Labute approximate surface area is 140 Å². The first-order chi connectivity index (χ1) is 10.5. The largest absolute Gasteiger partial charge is 0.480 e. The molecule has 1 amide bonds. The minimum atomic E-state index is -0.590. The molecule has 0 saturated carbocycles. The van der Waals surface area contributed by atoms with Gasteiger partial charge < -0.3 is 10.1 Å². The normalized spacial score (nSPS) is 11.8. The molecular formula is C17H17Cl2NO2. The number of amides is 1. The standard InChI is InChI=1S/C17H17Cl2NO2/c1-3-15(22-16-7-5-4-6-11(16)2)17(21)20-14-9-8-12(18)10-13(14)19/h4-10,15H,3H2,1-2H3,(H,20,21)/t15-/m0/s1. The van der Waals surface area contributed by atoms with Crippen LogP contribution >= 0.6 is 23.2 Å². The van der Waals surface area contributed by atoms with Gasteiger partial charge in [0.15, 0.2) is 6.10 Å². The smallest absolute Gasteiger partial charge is 0.265 e. The molecule has 1 N–H and O–H groups in total. The molecule has 0 aliphatic rings. The van der Waals surface area contributed by atoms with E-state index in [1.807, 2.05) is 38.1 Å². The SMILES string of the molecule is CC[C@H](Oc1ccccc1C)C(=O)Nc1ccc(Cl)cc1Cl. The average Bonchev–Trinajstić information content (AvgIpc) is 2.49. The van der Waals surface area contributed by atoms with Crippen molar-refractivity contribution in [3.8, 4) is 5.75 Å². The van der Waals surface area contributed by atoms with E-state index in [9.17, 15) is 4.79 Å². The fraction of sp³-hybridized carbons (Fsp3) is 0.235. The second kappa shape index (κ2) is 7.52. The maximum absolute atomic E-state index is 12.4. The van der Waals surface area contributed by atoms with Crippen LogP contribution in [-0.2, 0) is 4.79 Å². The van der Waals surface area contributed by atoms with Gasteiger partial charge in [0.25, 0.3) is 5.91 Å². The van der Waals surface area contributed by atoms with Crippen LogP contribution in [0.3, 0.4) is 0 Å². The minimum absolute atomic E-state index is 0.241. The van der Waals surface area contributed by atoms with Gasteiger partial charge >= 0.3 is 0 Å². The highest BCUT2D eigenvalue weighted by atomic mass is 35.5. The number of hydrogen-bond donors (Lipinski definition) is 1. The van der Waals surface area contributed by atoms with Crippen molar-refractivity contribution in [2.24, 2.45) is 0 Å². The number of ether oxygens (including phenoxy) is 1. The zero-order valence-corrected chi connectivity index (χ0v) is 13.9. The highest BCUT2D eigenvalue weighted by Crippen LogP contribution is 2.26. The van der Waals surface area contributed by atoms with Crippen LogP contribution in [0, 0.1) is 6.92 Å². The van der Waals surface area contributed by atoms with Gasteiger partial charge in [0.05, 0.1) is 10.7 Å². The van der Waals surface area contributed by atoms with Gasteiger partial charge in [-0.3, -0.25) is 4.79 Å². The van der Waals surface area contributed by atoms with Crippen LogP contribution in [0.1, 0.15) is 18.9 Å². The van der Waals surface area contributed by atoms with Crippen LogP contribution in [0.2, 0.25) is 10.0 Å². The van der Waals surface area contributed by atoms with E-state index in [0.717, 1.165) is 5.56 Å². The number of anilines is 1. The Morgan fingerprint density at radius 3 is 2.59 bits per heavy atom. The second-order valence-corrected chi connectivity index (χ2v) is 5.74. The van der Waals surface area contributed by atoms with Gasteiger partial charge in [-0.25, -0.2) is 0 Å². The summed E-state index contributed by atoms with van der Waals surface area (Å²) in [6, 6.07) is 12.5. The fourth-order valence-corrected chi connectivity index (χ4v) is 2.42. The molecule has 2 aromatic carbocycles. The van der Waals surface area contributed by atoms with E-state index in [0.29, 0.717) is 27.9 Å². The molecule has 2 aromatic rings. The van der Waals surface area contributed by atoms with E-state index in [4.69, 9.17) is 27.9 Å². The van der Waals surface area contributed by atoms with Crippen LogP contribution in [0.25, 0.3) is 0 Å². The fourth-order valence-electron chi connectivity index (χ4n) is 1.97. The lowest BCUT2D eigenvalue weighted by Crippen LogP contribution is -2.32. The maximum Gasteiger partial charge on any atom is 0.265 e. The second-order valence-electron chi connectivity index (χ2n) is 4.89. The van der Waals surface area contributed by atoms with Crippen molar-refractivity contribution in [1.29, 1.82) is 0 Å². The van der Waals surface area contributed by atoms with Gasteiger partial charge in [-0.1, -0.05) is 48.3 Å². The highest BCUT2D eigenvalue weighted by Gasteiger charge is 2.20. The Hall–Kier alpha value is -1.71. The zero-order chi connectivity index (χ0) is 16.1. The molecule has 0 spiro atoms. The van der Waals surface area contributed by atoms with Gasteiger partial charge in [0.1, 0.15) is 5.75 Å². The number of carbonyl (C=O) groups excluding carboxylic acids is 1. The van der Waals surface area contributed by atoms with Crippen LogP contribution in [-0.4, -0.2) is 12.0 Å². The number of carbonyl (C=O) groups is 1. The molecule has 0 heterocycles. The Morgan fingerprint density at radius 2 is 1.95 bits per heavy atom. The van der Waals surface area contributed by atoms with E-state index >= 15 is 0 Å². The van der Waals surface area contributed by atoms with E-state index in [1.54, 1.807) is 18.2 Å². The predicted molar refractivity (Wildman–Crippen MR) is 91.0 cm³/mol. The summed E-state index contributed by atoms with van der Waals surface area (Å²) in [6.07, 6.45) is -0.0430. The van der Waals surface area contributed by atoms with Gasteiger partial charge in [0, 0.05) is 5.02 Å². The minimum Gasteiger partial charge on any atom is -0.480 e. The molecule has 0 bridgehead atoms. The van der Waals surface area contributed by atoms with Crippen molar-refractivity contribution >= 4 is 34.8 Å². The first kappa shape index (κ1) is 16.7. The van der Waals surface area contributed by atoms with E-state index in [-0.39, 0.29) is 5.91 Å². The van der Waals surface area contributed by atoms with Crippen molar-refractivity contribution in [2.75, 3.05) is 5.32 Å². The number of nitrogens with one attached hydrogen (secondary N) is 1. The third-order valence-electron chi connectivity index (χ3n) is 3.22. The first-order valence-corrected chi connectivity index (χ1v) is 7.75. The van der Waals surface area contributed by atoms with Gasteiger partial charge in [-0.15, -0.1) is 0 Å². The Balaban J connectivity index is 2.10. The zero-order valence-electron chi connectivity index (χ0n) is 12.4. The number of aryl methyl sites for hydroxylation is 1. The molecule has 0 fully saturated rings. The third kappa shape index (κ3) is 4.15. The van der Waals surface area contributed by atoms with Gasteiger partial charge in [0.2, 0.25) is 0 Å². The van der Waals surface area contributed by atoms with Crippen LogP contribution in [0.15, 0.2) is 42.5 Å². The molecule has 5 heteroatoms. The van der Waals surface area contributed by atoms with Gasteiger partial charge in [-0.05, 0) is 43.2 Å². The van der Waals surface area contributed by atoms with Crippen LogP contribution < -0.4 is 10.1 Å². The summed E-state index contributed by atoms with van der Waals surface area (Å²) in [5, 5.41) is 3.69. The van der Waals surface area contributed by atoms with Crippen LogP contribution in [0.5, 0.6) is 5.75 Å². The lowest BCUT2D eigenvalue weighted by molar-refractivity contribution is -0.122. The third-order valence-corrected chi connectivity index (χ3v) is 3.76. The summed E-state index contributed by atoms with van der Waals surface area (Å²) >= 11 is 11.9. The number of halogens is 2. The molecule has 2 rings (SSSR count). The van der Waals surface area contributed by atoms with Crippen LogP contribution in [0.4, 0.5) is 5.69 Å². The quantitative estimate of drug-likeness (QED) is 0.824. The lowest BCUT2D eigenvalue weighted by atomic mass is 10.2. The molecule has 0 saturated heterocycles. The van der Waals surface area contributed by atoms with Crippen molar-refractivity contribution < 1.29 is 9.53 Å². The molecule has 1 atom stereocenters. The molecule has 0 unspecified atom stereocenters. The van der Waals surface area contributed by atoms with Crippen molar-refractivity contribution in [3.05, 3.63) is 58.1 Å². The summed E-state index contributed by atoms with van der Waals surface area (Å²) in [7, 11) is 0. The number of benzene rings is 2. The van der Waals surface area contributed by atoms with E-state index in [2.05, 4.69) is 5.32 Å². The number of para-hydroxylation sites is 1. The summed E-state index contributed by atoms with van der Waals surface area (Å²) in [5.74, 6) is 0.460. The average molecular weight is 338 g/mol. The highest BCUT2D eigenvalue weighted by molar-refractivity contribution is 6.36. The first-order valence-electron chi connectivity index (χ1n) is 6.99. The molecule has 0 aliphatic heterocycles. The Kier molecular flexibility index (Phi) is 5.69. The topological polar surface area (TPSA) is 38.3 Å². The lowest BCUT2D eigenvalue weighted by Gasteiger charge is -2.19. The summed E-state index contributed by atoms with van der Waals surface area (Å²) in [5.41, 5.74) is 1.50. The molecule has 116 valence electrons. The molecular weight excluding hydrogens is 321 g/mol. The summed E-state index contributed by atoms with van der Waals surface area (Å²) in [6.45, 7) is 3.84. The molecule has 0 radical (unpaired) electrons. The van der Waals surface area contributed by atoms with E-state index in [1.165, 1.54) is 0 Å². The number of hydrogen-bond acceptors (Lipinski definition) is 2. The molecule has 22 heavy (non-hydrogen) atoms. The monoisotopic (exact) mass is 337 g/mol. The maximum atomic E-state index is 12.4. The van der Waals surface area contributed by atoms with Crippen molar-refractivity contribution in [3.63, 3.8) is 0 Å². The van der Waals surface area contributed by atoms with E-state index < -0.39 is 6.10 Å². The molecule has 0 aromatic heterocycles. The predicted octanol–water partition coefficient (Wildman–Crippen LogP) is 5.10.